The minimum Gasteiger partial charge on any atom is -0.489 e. The van der Waals surface area contributed by atoms with Crippen molar-refractivity contribution in [2.45, 2.75) is 20.5 Å². The normalized spacial score (nSPS) is 10.5. The highest BCUT2D eigenvalue weighted by Gasteiger charge is 2.14. The Hall–Kier alpha value is -1.85. The van der Waals surface area contributed by atoms with Gasteiger partial charge in [-0.05, 0) is 37.6 Å². The topological polar surface area (TPSA) is 65.3 Å². The highest BCUT2D eigenvalue weighted by molar-refractivity contribution is 6.32. The summed E-state index contributed by atoms with van der Waals surface area (Å²) in [4.78, 5) is 14.4. The maximum atomic E-state index is 10.9. The second kappa shape index (κ2) is 6.28. The number of nitro groups is 1. The Balaban J connectivity index is 2.20. The molecule has 0 N–H and O–H groups in total. The molecule has 0 unspecified atom stereocenters. The molecule has 1 aromatic heterocycles. The average Bonchev–Trinajstić information content (AvgIpc) is 2.40. The van der Waals surface area contributed by atoms with Crippen LogP contribution in [0.25, 0.3) is 0 Å². The fraction of sp³-hybridized carbons (Fsp3) is 0.214. The lowest BCUT2D eigenvalue weighted by Gasteiger charge is -2.11. The van der Waals surface area contributed by atoms with E-state index in [1.54, 1.807) is 32.0 Å². The molecule has 2 aromatic rings. The number of rotatable bonds is 4. The first-order chi connectivity index (χ1) is 9.88. The van der Waals surface area contributed by atoms with Crippen LogP contribution < -0.4 is 4.74 Å². The smallest absolute Gasteiger partial charge is 0.272 e. The van der Waals surface area contributed by atoms with Crippen molar-refractivity contribution in [1.82, 2.24) is 4.98 Å². The van der Waals surface area contributed by atoms with Crippen LogP contribution in [0.3, 0.4) is 0 Å². The molecule has 1 heterocycles. The molecule has 7 heteroatoms. The summed E-state index contributed by atoms with van der Waals surface area (Å²) < 4.78 is 5.67. The van der Waals surface area contributed by atoms with Crippen LogP contribution in [-0.4, -0.2) is 9.91 Å². The largest absolute Gasteiger partial charge is 0.489 e. The molecule has 0 spiro atoms. The minimum absolute atomic E-state index is 0.0750. The van der Waals surface area contributed by atoms with Crippen LogP contribution in [0.1, 0.15) is 16.7 Å². The number of pyridine rings is 1. The van der Waals surface area contributed by atoms with Crippen molar-refractivity contribution in [3.63, 3.8) is 0 Å². The lowest BCUT2D eigenvalue weighted by Crippen LogP contribution is -2.01. The third kappa shape index (κ3) is 3.62. The van der Waals surface area contributed by atoms with E-state index < -0.39 is 4.92 Å². The van der Waals surface area contributed by atoms with Gasteiger partial charge in [0.05, 0.1) is 4.92 Å². The summed E-state index contributed by atoms with van der Waals surface area (Å²) in [5, 5.41) is 11.5. The molecule has 0 bridgehead atoms. The zero-order valence-electron chi connectivity index (χ0n) is 11.4. The first-order valence-electron chi connectivity index (χ1n) is 6.08. The van der Waals surface area contributed by atoms with Gasteiger partial charge in [-0.3, -0.25) is 10.1 Å². The van der Waals surface area contributed by atoms with Crippen LogP contribution >= 0.6 is 23.2 Å². The molecule has 1 aromatic carbocycles. The summed E-state index contributed by atoms with van der Waals surface area (Å²) in [6.45, 7) is 3.63. The molecule has 0 saturated heterocycles. The number of aromatic nitrogens is 1. The summed E-state index contributed by atoms with van der Waals surface area (Å²) >= 11 is 11.7. The molecule has 21 heavy (non-hydrogen) atoms. The van der Waals surface area contributed by atoms with Crippen molar-refractivity contribution in [3.05, 3.63) is 61.4 Å². The number of nitrogens with zero attached hydrogens (tertiary/aromatic N) is 2. The molecule has 0 atom stereocenters. The summed E-state index contributed by atoms with van der Waals surface area (Å²) in [7, 11) is 0. The minimum atomic E-state index is -0.411. The maximum absolute atomic E-state index is 10.9. The average molecular weight is 327 g/mol. The van der Waals surface area contributed by atoms with E-state index in [2.05, 4.69) is 4.98 Å². The molecular weight excluding hydrogens is 315 g/mol. The van der Waals surface area contributed by atoms with Gasteiger partial charge in [-0.25, -0.2) is 4.98 Å². The van der Waals surface area contributed by atoms with E-state index in [1.165, 1.54) is 6.07 Å². The fourth-order valence-electron chi connectivity index (χ4n) is 1.83. The number of nitro benzene ring substituents is 1. The predicted octanol–water partition coefficient (Wildman–Crippen LogP) is 4.49. The van der Waals surface area contributed by atoms with E-state index in [9.17, 15) is 10.1 Å². The van der Waals surface area contributed by atoms with Crippen molar-refractivity contribution < 1.29 is 9.66 Å². The molecule has 0 aliphatic rings. The first-order valence-corrected chi connectivity index (χ1v) is 6.83. The van der Waals surface area contributed by atoms with Gasteiger partial charge in [-0.15, -0.1) is 0 Å². The van der Waals surface area contributed by atoms with Gasteiger partial charge in [0.25, 0.3) is 5.69 Å². The number of ether oxygens (including phenoxy) is 1. The Morgan fingerprint density at radius 1 is 1.24 bits per heavy atom. The fourth-order valence-corrected chi connectivity index (χ4v) is 2.23. The van der Waals surface area contributed by atoms with Crippen LogP contribution in [0, 0.1) is 24.0 Å². The summed E-state index contributed by atoms with van der Waals surface area (Å²) in [6, 6.07) is 6.49. The maximum Gasteiger partial charge on any atom is 0.272 e. The molecule has 0 saturated carbocycles. The highest BCUT2D eigenvalue weighted by Crippen LogP contribution is 2.28. The van der Waals surface area contributed by atoms with Gasteiger partial charge in [-0.1, -0.05) is 23.2 Å². The van der Waals surface area contributed by atoms with Gasteiger partial charge in [0, 0.05) is 17.2 Å². The second-order valence-electron chi connectivity index (χ2n) is 4.53. The van der Waals surface area contributed by atoms with Crippen molar-refractivity contribution in [2.24, 2.45) is 0 Å². The molecule has 0 amide bonds. The summed E-state index contributed by atoms with van der Waals surface area (Å²) in [5.74, 6) is 0.573. The number of benzene rings is 1. The van der Waals surface area contributed by atoms with Gasteiger partial charge >= 0.3 is 0 Å². The van der Waals surface area contributed by atoms with Gasteiger partial charge in [0.2, 0.25) is 0 Å². The van der Waals surface area contributed by atoms with E-state index >= 15 is 0 Å². The van der Waals surface area contributed by atoms with Gasteiger partial charge in [0.1, 0.15) is 22.7 Å². The third-order valence-electron chi connectivity index (χ3n) is 2.97. The Labute approximate surface area is 131 Å². The number of hydrogen-bond donors (Lipinski definition) is 0. The number of aryl methyl sites for hydroxylation is 2. The van der Waals surface area contributed by atoms with Gasteiger partial charge in [0.15, 0.2) is 0 Å². The van der Waals surface area contributed by atoms with Crippen molar-refractivity contribution >= 4 is 28.9 Å². The Morgan fingerprint density at radius 3 is 2.57 bits per heavy atom. The van der Waals surface area contributed by atoms with Crippen LogP contribution in [0.2, 0.25) is 10.3 Å². The molecular formula is C14H12Cl2N2O3. The van der Waals surface area contributed by atoms with E-state index in [0.29, 0.717) is 27.6 Å². The van der Waals surface area contributed by atoms with E-state index in [1.807, 2.05) is 0 Å². The van der Waals surface area contributed by atoms with Crippen LogP contribution in [0.5, 0.6) is 5.75 Å². The highest BCUT2D eigenvalue weighted by atomic mass is 35.5. The lowest BCUT2D eigenvalue weighted by atomic mass is 10.1. The SMILES string of the molecule is Cc1cc([N+](=O)[O-])c(C)cc1OCc1ccc(Cl)nc1Cl. The van der Waals surface area contributed by atoms with E-state index in [4.69, 9.17) is 27.9 Å². The monoisotopic (exact) mass is 326 g/mol. The molecule has 0 radical (unpaired) electrons. The van der Waals surface area contributed by atoms with Crippen molar-refractivity contribution in [1.29, 1.82) is 0 Å². The molecule has 0 aliphatic carbocycles. The number of hydrogen-bond acceptors (Lipinski definition) is 4. The lowest BCUT2D eigenvalue weighted by molar-refractivity contribution is -0.385. The van der Waals surface area contributed by atoms with Crippen molar-refractivity contribution in [2.75, 3.05) is 0 Å². The van der Waals surface area contributed by atoms with Crippen LogP contribution in [0.15, 0.2) is 24.3 Å². The molecule has 2 rings (SSSR count). The summed E-state index contributed by atoms with van der Waals surface area (Å²) in [6.07, 6.45) is 0. The molecule has 0 aliphatic heterocycles. The molecule has 0 fully saturated rings. The Bertz CT molecular complexity index is 705. The summed E-state index contributed by atoms with van der Waals surface area (Å²) in [5.41, 5.74) is 1.99. The van der Waals surface area contributed by atoms with Crippen LogP contribution in [-0.2, 0) is 6.61 Å². The third-order valence-corrected chi connectivity index (χ3v) is 3.50. The Kier molecular flexibility index (Phi) is 4.65. The predicted molar refractivity (Wildman–Crippen MR) is 81.2 cm³/mol. The second-order valence-corrected chi connectivity index (χ2v) is 5.28. The quantitative estimate of drug-likeness (QED) is 0.471. The van der Waals surface area contributed by atoms with Crippen LogP contribution in [0.4, 0.5) is 5.69 Å². The Morgan fingerprint density at radius 2 is 1.95 bits per heavy atom. The van der Waals surface area contributed by atoms with E-state index in [0.717, 1.165) is 0 Å². The van der Waals surface area contributed by atoms with Gasteiger partial charge in [-0.2, -0.15) is 0 Å². The standard InChI is InChI=1S/C14H12Cl2N2O3/c1-8-6-12(9(2)5-11(8)18(19)20)21-7-10-3-4-13(15)17-14(10)16/h3-6H,7H2,1-2H3. The first kappa shape index (κ1) is 15.5. The number of halogens is 2. The van der Waals surface area contributed by atoms with E-state index in [-0.39, 0.29) is 17.4 Å². The zero-order valence-corrected chi connectivity index (χ0v) is 12.9. The zero-order chi connectivity index (χ0) is 15.6. The molecule has 5 nitrogen and oxygen atoms in total. The molecule has 110 valence electrons. The van der Waals surface area contributed by atoms with Gasteiger partial charge < -0.3 is 4.74 Å². The van der Waals surface area contributed by atoms with Crippen molar-refractivity contribution in [3.8, 4) is 5.75 Å².